The van der Waals surface area contributed by atoms with Gasteiger partial charge in [0, 0.05) is 5.56 Å². The first-order valence-electron chi connectivity index (χ1n) is 5.89. The monoisotopic (exact) mass is 228 g/mol. The fourth-order valence-electron chi connectivity index (χ4n) is 1.88. The Hall–Kier alpha value is -1.83. The lowest BCUT2D eigenvalue weighted by molar-refractivity contribution is 0.110. The fourth-order valence-corrected chi connectivity index (χ4v) is 1.88. The summed E-state index contributed by atoms with van der Waals surface area (Å²) in [5, 5.41) is 0. The SMILES string of the molecule is CCC(C)c1ccc(-c2ccoc2C=O)cc1. The van der Waals surface area contributed by atoms with Crippen molar-refractivity contribution < 1.29 is 9.21 Å². The van der Waals surface area contributed by atoms with Crippen molar-refractivity contribution in [2.75, 3.05) is 0 Å². The van der Waals surface area contributed by atoms with Gasteiger partial charge in [-0.3, -0.25) is 4.79 Å². The van der Waals surface area contributed by atoms with E-state index < -0.39 is 0 Å². The summed E-state index contributed by atoms with van der Waals surface area (Å²) >= 11 is 0. The van der Waals surface area contributed by atoms with Crippen LogP contribution in [0, 0.1) is 0 Å². The van der Waals surface area contributed by atoms with E-state index in [-0.39, 0.29) is 0 Å². The van der Waals surface area contributed by atoms with Gasteiger partial charge in [-0.1, -0.05) is 38.1 Å². The van der Waals surface area contributed by atoms with Crippen molar-refractivity contribution in [2.45, 2.75) is 26.2 Å². The Morgan fingerprint density at radius 3 is 2.53 bits per heavy atom. The van der Waals surface area contributed by atoms with Gasteiger partial charge in [-0.15, -0.1) is 0 Å². The van der Waals surface area contributed by atoms with Crippen molar-refractivity contribution in [3.63, 3.8) is 0 Å². The normalized spacial score (nSPS) is 12.4. The molecule has 0 N–H and O–H groups in total. The maximum absolute atomic E-state index is 10.8. The molecule has 1 aromatic heterocycles. The summed E-state index contributed by atoms with van der Waals surface area (Å²) in [5.74, 6) is 0.959. The minimum absolute atomic E-state index is 0.390. The number of carbonyl (C=O) groups is 1. The highest BCUT2D eigenvalue weighted by atomic mass is 16.3. The summed E-state index contributed by atoms with van der Waals surface area (Å²) < 4.78 is 5.10. The fraction of sp³-hybridized carbons (Fsp3) is 0.267. The quantitative estimate of drug-likeness (QED) is 0.731. The topological polar surface area (TPSA) is 30.2 Å². The molecule has 1 aromatic carbocycles. The van der Waals surface area contributed by atoms with E-state index in [1.807, 2.05) is 18.2 Å². The van der Waals surface area contributed by atoms with Crippen molar-refractivity contribution in [3.05, 3.63) is 47.9 Å². The molecule has 1 heterocycles. The second kappa shape index (κ2) is 5.00. The zero-order valence-corrected chi connectivity index (χ0v) is 10.1. The van der Waals surface area contributed by atoms with Gasteiger partial charge >= 0.3 is 0 Å². The van der Waals surface area contributed by atoms with Gasteiger partial charge < -0.3 is 4.42 Å². The second-order valence-corrected chi connectivity index (χ2v) is 4.25. The molecule has 0 aliphatic rings. The summed E-state index contributed by atoms with van der Waals surface area (Å²) in [5.41, 5.74) is 3.20. The van der Waals surface area contributed by atoms with E-state index in [2.05, 4.69) is 26.0 Å². The van der Waals surface area contributed by atoms with Gasteiger partial charge in [0.05, 0.1) is 6.26 Å². The molecule has 1 unspecified atom stereocenters. The van der Waals surface area contributed by atoms with Gasteiger partial charge in [0.2, 0.25) is 0 Å². The van der Waals surface area contributed by atoms with Crippen LogP contribution in [0.2, 0.25) is 0 Å². The highest BCUT2D eigenvalue weighted by Crippen LogP contribution is 2.26. The van der Waals surface area contributed by atoms with E-state index in [0.717, 1.165) is 23.8 Å². The lowest BCUT2D eigenvalue weighted by atomic mass is 9.96. The zero-order valence-electron chi connectivity index (χ0n) is 10.1. The second-order valence-electron chi connectivity index (χ2n) is 4.25. The maximum atomic E-state index is 10.8. The molecule has 0 saturated carbocycles. The molecule has 1 atom stereocenters. The standard InChI is InChI=1S/C15H16O2/c1-3-11(2)12-4-6-13(7-5-12)14-8-9-17-15(14)10-16/h4-11H,3H2,1-2H3. The Morgan fingerprint density at radius 2 is 1.94 bits per heavy atom. The van der Waals surface area contributed by atoms with Crippen molar-refractivity contribution in [1.29, 1.82) is 0 Å². The molecule has 88 valence electrons. The third-order valence-electron chi connectivity index (χ3n) is 3.21. The molecule has 0 saturated heterocycles. The Kier molecular flexibility index (Phi) is 3.43. The van der Waals surface area contributed by atoms with Crippen LogP contribution in [0.25, 0.3) is 11.1 Å². The van der Waals surface area contributed by atoms with Crippen LogP contribution in [0.1, 0.15) is 42.3 Å². The third kappa shape index (κ3) is 2.31. The molecule has 0 bridgehead atoms. The first-order chi connectivity index (χ1) is 8.26. The van der Waals surface area contributed by atoms with Crippen LogP contribution < -0.4 is 0 Å². The summed E-state index contributed by atoms with van der Waals surface area (Å²) in [6, 6.07) is 10.1. The highest BCUT2D eigenvalue weighted by molar-refractivity contribution is 5.84. The van der Waals surface area contributed by atoms with E-state index in [4.69, 9.17) is 4.42 Å². The molecule has 0 radical (unpaired) electrons. The van der Waals surface area contributed by atoms with Gasteiger partial charge in [0.15, 0.2) is 12.0 Å². The molecule has 2 aromatic rings. The molecule has 0 aliphatic heterocycles. The molecular weight excluding hydrogens is 212 g/mol. The van der Waals surface area contributed by atoms with Crippen LogP contribution in [0.5, 0.6) is 0 Å². The van der Waals surface area contributed by atoms with Gasteiger partial charge in [-0.05, 0) is 29.5 Å². The molecule has 0 spiro atoms. The summed E-state index contributed by atoms with van der Waals surface area (Å²) in [7, 11) is 0. The van der Waals surface area contributed by atoms with Crippen LogP contribution in [0.4, 0.5) is 0 Å². The van der Waals surface area contributed by atoms with E-state index in [1.54, 1.807) is 6.26 Å². The lowest BCUT2D eigenvalue weighted by Gasteiger charge is -2.09. The minimum atomic E-state index is 0.390. The average Bonchev–Trinajstić information content (AvgIpc) is 2.86. The van der Waals surface area contributed by atoms with Crippen LogP contribution >= 0.6 is 0 Å². The van der Waals surface area contributed by atoms with E-state index in [9.17, 15) is 4.79 Å². The number of rotatable bonds is 4. The van der Waals surface area contributed by atoms with Crippen molar-refractivity contribution in [2.24, 2.45) is 0 Å². The van der Waals surface area contributed by atoms with E-state index >= 15 is 0 Å². The van der Waals surface area contributed by atoms with Crippen LogP contribution in [-0.2, 0) is 0 Å². The van der Waals surface area contributed by atoms with Gasteiger partial charge in [0.25, 0.3) is 0 Å². The molecule has 2 nitrogen and oxygen atoms in total. The number of carbonyl (C=O) groups excluding carboxylic acids is 1. The predicted octanol–water partition coefficient (Wildman–Crippen LogP) is 4.27. The largest absolute Gasteiger partial charge is 0.461 e. The third-order valence-corrected chi connectivity index (χ3v) is 3.21. The van der Waals surface area contributed by atoms with Crippen molar-refractivity contribution >= 4 is 6.29 Å². The van der Waals surface area contributed by atoms with Gasteiger partial charge in [-0.2, -0.15) is 0 Å². The number of aldehydes is 1. The molecule has 2 heteroatoms. The van der Waals surface area contributed by atoms with Crippen molar-refractivity contribution in [1.82, 2.24) is 0 Å². The number of benzene rings is 1. The van der Waals surface area contributed by atoms with Gasteiger partial charge in [-0.25, -0.2) is 0 Å². The highest BCUT2D eigenvalue weighted by Gasteiger charge is 2.08. The number of hydrogen-bond donors (Lipinski definition) is 0. The van der Waals surface area contributed by atoms with Crippen LogP contribution in [-0.4, -0.2) is 6.29 Å². The van der Waals surface area contributed by atoms with Crippen molar-refractivity contribution in [3.8, 4) is 11.1 Å². The smallest absolute Gasteiger partial charge is 0.185 e. The summed E-state index contributed by atoms with van der Waals surface area (Å²) in [6.07, 6.45) is 3.42. The Balaban J connectivity index is 2.32. The molecule has 0 aliphatic carbocycles. The Morgan fingerprint density at radius 1 is 1.24 bits per heavy atom. The maximum Gasteiger partial charge on any atom is 0.185 e. The Labute approximate surface area is 101 Å². The average molecular weight is 228 g/mol. The molecule has 2 rings (SSSR count). The summed E-state index contributed by atoms with van der Waals surface area (Å²) in [6.45, 7) is 4.39. The summed E-state index contributed by atoms with van der Waals surface area (Å²) in [4.78, 5) is 10.8. The molecular formula is C15H16O2. The number of furan rings is 1. The molecule has 0 fully saturated rings. The Bertz CT molecular complexity index is 494. The van der Waals surface area contributed by atoms with Gasteiger partial charge in [0.1, 0.15) is 0 Å². The zero-order chi connectivity index (χ0) is 12.3. The molecule has 17 heavy (non-hydrogen) atoms. The predicted molar refractivity (Wildman–Crippen MR) is 68.2 cm³/mol. The number of hydrogen-bond acceptors (Lipinski definition) is 2. The van der Waals surface area contributed by atoms with E-state index in [1.165, 1.54) is 5.56 Å². The molecule has 0 amide bonds. The minimum Gasteiger partial charge on any atom is -0.461 e. The van der Waals surface area contributed by atoms with Crippen LogP contribution in [0.3, 0.4) is 0 Å². The van der Waals surface area contributed by atoms with E-state index in [0.29, 0.717) is 11.7 Å². The van der Waals surface area contributed by atoms with Crippen LogP contribution in [0.15, 0.2) is 41.0 Å². The first kappa shape index (κ1) is 11.6. The lowest BCUT2D eigenvalue weighted by Crippen LogP contribution is -1.90. The first-order valence-corrected chi connectivity index (χ1v) is 5.89.